The minimum Gasteiger partial charge on any atom is -0.449 e. The number of rotatable bonds is 7. The van der Waals surface area contributed by atoms with E-state index in [1.165, 1.54) is 49.4 Å². The van der Waals surface area contributed by atoms with Crippen LogP contribution in [0.5, 0.6) is 0 Å². The molecule has 0 aliphatic carbocycles. The monoisotopic (exact) mass is 475 g/mol. The lowest BCUT2D eigenvalue weighted by Crippen LogP contribution is -2.44. The summed E-state index contributed by atoms with van der Waals surface area (Å²) in [7, 11) is -4.23. The Morgan fingerprint density at radius 3 is 2.48 bits per heavy atom. The second-order valence-electron chi connectivity index (χ2n) is 7.96. The highest BCUT2D eigenvalue weighted by Crippen LogP contribution is 2.24. The highest BCUT2D eigenvalue weighted by Gasteiger charge is 2.28. The maximum absolute atomic E-state index is 12.8. The van der Waals surface area contributed by atoms with Crippen molar-refractivity contribution in [3.8, 4) is 0 Å². The lowest BCUT2D eigenvalue weighted by atomic mass is 9.99. The maximum Gasteiger partial charge on any atom is 0.341 e. The molecule has 2 aromatic rings. The van der Waals surface area contributed by atoms with Gasteiger partial charge in [0, 0.05) is 25.2 Å². The van der Waals surface area contributed by atoms with Crippen LogP contribution < -0.4 is 4.72 Å². The summed E-state index contributed by atoms with van der Waals surface area (Å²) in [6.45, 7) is 4.80. The molecule has 2 aromatic carbocycles. The standard InChI is InChI=1S/C22H25N3O7S/c1-15-10-12-24(13-11-15)21(26)16(2)32-22(27)19-8-3-4-9-20(19)23-33(30,31)18-7-5-6-17(14-18)25(28)29/h3-9,14-16,23H,10-13H2,1-2H3. The predicted molar refractivity (Wildman–Crippen MR) is 120 cm³/mol. The molecule has 1 saturated heterocycles. The fraction of sp³-hybridized carbons (Fsp3) is 0.364. The van der Waals surface area contributed by atoms with E-state index in [2.05, 4.69) is 11.6 Å². The molecule has 176 valence electrons. The molecule has 11 heteroatoms. The number of anilines is 1. The number of para-hydroxylation sites is 1. The van der Waals surface area contributed by atoms with Crippen LogP contribution in [0.1, 0.15) is 37.0 Å². The van der Waals surface area contributed by atoms with Crippen molar-refractivity contribution in [2.75, 3.05) is 17.8 Å². The number of ether oxygens (including phenoxy) is 1. The Kier molecular flexibility index (Phi) is 7.32. The van der Waals surface area contributed by atoms with Crippen molar-refractivity contribution in [1.29, 1.82) is 0 Å². The summed E-state index contributed by atoms with van der Waals surface area (Å²) in [4.78, 5) is 37.0. The van der Waals surface area contributed by atoms with Crippen LogP contribution in [-0.2, 0) is 19.6 Å². The lowest BCUT2D eigenvalue weighted by molar-refractivity contribution is -0.385. The summed E-state index contributed by atoms with van der Waals surface area (Å²) in [6, 6.07) is 10.3. The topological polar surface area (TPSA) is 136 Å². The minimum absolute atomic E-state index is 0.0690. The largest absolute Gasteiger partial charge is 0.449 e. The van der Waals surface area contributed by atoms with E-state index in [4.69, 9.17) is 4.74 Å². The number of piperidine rings is 1. The van der Waals surface area contributed by atoms with E-state index >= 15 is 0 Å². The average Bonchev–Trinajstić information content (AvgIpc) is 2.79. The Hall–Kier alpha value is -3.47. The lowest BCUT2D eigenvalue weighted by Gasteiger charge is -2.32. The Bertz CT molecular complexity index is 1160. The molecule has 1 amide bonds. The first-order valence-electron chi connectivity index (χ1n) is 10.4. The van der Waals surface area contributed by atoms with Crippen molar-refractivity contribution in [3.05, 3.63) is 64.2 Å². The third-order valence-corrected chi connectivity index (χ3v) is 6.82. The molecule has 33 heavy (non-hydrogen) atoms. The number of amides is 1. The van der Waals surface area contributed by atoms with Crippen molar-refractivity contribution in [3.63, 3.8) is 0 Å². The van der Waals surface area contributed by atoms with Crippen LogP contribution in [0.3, 0.4) is 0 Å². The summed E-state index contributed by atoms with van der Waals surface area (Å²) in [6.07, 6.45) is 0.732. The molecule has 0 saturated carbocycles. The highest BCUT2D eigenvalue weighted by molar-refractivity contribution is 7.92. The number of hydrogen-bond acceptors (Lipinski definition) is 7. The molecule has 0 aromatic heterocycles. The van der Waals surface area contributed by atoms with Crippen LogP contribution in [0.2, 0.25) is 0 Å². The molecule has 1 unspecified atom stereocenters. The maximum atomic E-state index is 12.8. The summed E-state index contributed by atoms with van der Waals surface area (Å²) >= 11 is 0. The number of nitro groups is 1. The Morgan fingerprint density at radius 2 is 1.82 bits per heavy atom. The Balaban J connectivity index is 1.75. The summed E-state index contributed by atoms with van der Waals surface area (Å²) in [5.74, 6) is -0.624. The van der Waals surface area contributed by atoms with Gasteiger partial charge in [-0.15, -0.1) is 0 Å². The molecule has 1 heterocycles. The van der Waals surface area contributed by atoms with Crippen LogP contribution >= 0.6 is 0 Å². The smallest absolute Gasteiger partial charge is 0.341 e. The van der Waals surface area contributed by atoms with Gasteiger partial charge in [-0.25, -0.2) is 13.2 Å². The zero-order valence-electron chi connectivity index (χ0n) is 18.3. The fourth-order valence-corrected chi connectivity index (χ4v) is 4.60. The summed E-state index contributed by atoms with van der Waals surface area (Å²) in [5.41, 5.74) is -0.538. The number of nitrogens with one attached hydrogen (secondary N) is 1. The average molecular weight is 476 g/mol. The predicted octanol–water partition coefficient (Wildman–Crippen LogP) is 3.20. The van der Waals surface area contributed by atoms with Crippen molar-refractivity contribution >= 4 is 33.3 Å². The zero-order chi connectivity index (χ0) is 24.2. The van der Waals surface area contributed by atoms with E-state index in [0.717, 1.165) is 18.9 Å². The van der Waals surface area contributed by atoms with E-state index < -0.39 is 27.0 Å². The number of likely N-dealkylation sites (tertiary alicyclic amines) is 1. The van der Waals surface area contributed by atoms with E-state index in [1.807, 2.05) is 0 Å². The third-order valence-electron chi connectivity index (χ3n) is 5.46. The second kappa shape index (κ2) is 9.99. The summed E-state index contributed by atoms with van der Waals surface area (Å²) < 4.78 is 33.1. The van der Waals surface area contributed by atoms with Crippen LogP contribution in [0.4, 0.5) is 11.4 Å². The molecular formula is C22H25N3O7S. The summed E-state index contributed by atoms with van der Waals surface area (Å²) in [5, 5.41) is 11.0. The molecular weight excluding hydrogens is 450 g/mol. The normalized spacial score (nSPS) is 15.5. The van der Waals surface area contributed by atoms with Gasteiger partial charge >= 0.3 is 5.97 Å². The molecule has 1 fully saturated rings. The number of non-ortho nitro benzene ring substituents is 1. The molecule has 1 atom stereocenters. The first kappa shape index (κ1) is 24.2. The number of benzene rings is 2. The molecule has 1 N–H and O–H groups in total. The van der Waals surface area contributed by atoms with Gasteiger partial charge in [-0.3, -0.25) is 19.6 Å². The van der Waals surface area contributed by atoms with Gasteiger partial charge in [0.1, 0.15) is 0 Å². The number of nitrogens with zero attached hydrogens (tertiary/aromatic N) is 2. The van der Waals surface area contributed by atoms with Gasteiger partial charge < -0.3 is 9.64 Å². The van der Waals surface area contributed by atoms with E-state index in [0.29, 0.717) is 19.0 Å². The Labute approximate surface area is 191 Å². The van der Waals surface area contributed by atoms with Crippen LogP contribution in [-0.4, -0.2) is 49.3 Å². The molecule has 1 aliphatic rings. The number of hydrogen-bond donors (Lipinski definition) is 1. The van der Waals surface area contributed by atoms with Gasteiger partial charge in [-0.05, 0) is 43.9 Å². The highest BCUT2D eigenvalue weighted by atomic mass is 32.2. The van der Waals surface area contributed by atoms with Gasteiger partial charge in [-0.2, -0.15) is 0 Å². The van der Waals surface area contributed by atoms with E-state index in [-0.39, 0.29) is 27.7 Å². The number of nitro benzene ring substituents is 1. The quantitative estimate of drug-likeness (QED) is 0.369. The van der Waals surface area contributed by atoms with Gasteiger partial charge in [-0.1, -0.05) is 25.1 Å². The molecule has 10 nitrogen and oxygen atoms in total. The van der Waals surface area contributed by atoms with Crippen molar-refractivity contribution in [2.45, 2.75) is 37.7 Å². The second-order valence-corrected chi connectivity index (χ2v) is 9.64. The number of esters is 1. The van der Waals surface area contributed by atoms with Crippen LogP contribution in [0.15, 0.2) is 53.4 Å². The van der Waals surface area contributed by atoms with E-state index in [9.17, 15) is 28.1 Å². The first-order chi connectivity index (χ1) is 15.6. The van der Waals surface area contributed by atoms with Crippen LogP contribution in [0, 0.1) is 16.0 Å². The van der Waals surface area contributed by atoms with E-state index in [1.54, 1.807) is 4.90 Å². The van der Waals surface area contributed by atoms with Crippen molar-refractivity contribution in [2.24, 2.45) is 5.92 Å². The van der Waals surface area contributed by atoms with Crippen LogP contribution in [0.25, 0.3) is 0 Å². The van der Waals surface area contributed by atoms with Gasteiger partial charge in [0.25, 0.3) is 21.6 Å². The first-order valence-corrected chi connectivity index (χ1v) is 11.9. The zero-order valence-corrected chi connectivity index (χ0v) is 19.1. The number of sulfonamides is 1. The molecule has 3 rings (SSSR count). The van der Waals surface area contributed by atoms with Gasteiger partial charge in [0.2, 0.25) is 0 Å². The molecule has 1 aliphatic heterocycles. The van der Waals surface area contributed by atoms with Gasteiger partial charge in [0.05, 0.1) is 21.1 Å². The minimum atomic E-state index is -4.23. The SMILES string of the molecule is CC1CCN(C(=O)C(C)OC(=O)c2ccccc2NS(=O)(=O)c2cccc([N+](=O)[O-])c2)CC1. The third kappa shape index (κ3) is 5.86. The number of carbonyl (C=O) groups is 2. The molecule has 0 spiro atoms. The van der Waals surface area contributed by atoms with Crippen molar-refractivity contribution in [1.82, 2.24) is 4.90 Å². The van der Waals surface area contributed by atoms with Crippen molar-refractivity contribution < 1.29 is 27.7 Å². The number of carbonyl (C=O) groups excluding carboxylic acids is 2. The molecule has 0 bridgehead atoms. The molecule has 0 radical (unpaired) electrons. The van der Waals surface area contributed by atoms with Gasteiger partial charge in [0.15, 0.2) is 6.10 Å². The fourth-order valence-electron chi connectivity index (χ4n) is 3.48. The Morgan fingerprint density at radius 1 is 1.15 bits per heavy atom.